The van der Waals surface area contributed by atoms with Crippen LogP contribution >= 0.6 is 11.3 Å². The van der Waals surface area contributed by atoms with E-state index in [-0.39, 0.29) is 5.41 Å². The van der Waals surface area contributed by atoms with Gasteiger partial charge in [-0.25, -0.2) is 0 Å². The molecule has 18 heavy (non-hydrogen) atoms. The fourth-order valence-electron chi connectivity index (χ4n) is 2.92. The second-order valence-electron chi connectivity index (χ2n) is 5.42. The van der Waals surface area contributed by atoms with Gasteiger partial charge in [-0.2, -0.15) is 0 Å². The maximum absolute atomic E-state index is 11.5. The van der Waals surface area contributed by atoms with E-state index in [1.54, 1.807) is 11.3 Å². The van der Waals surface area contributed by atoms with Gasteiger partial charge in [-0.3, -0.25) is 4.90 Å². The molecule has 0 atom stereocenters. The summed E-state index contributed by atoms with van der Waals surface area (Å²) in [4.78, 5) is 15.3. The van der Waals surface area contributed by atoms with Crippen LogP contribution < -0.4 is 0 Å². The summed E-state index contributed by atoms with van der Waals surface area (Å²) < 4.78 is 0. The van der Waals surface area contributed by atoms with Gasteiger partial charge in [0.05, 0.1) is 0 Å². The molecule has 0 radical (unpaired) electrons. The van der Waals surface area contributed by atoms with Gasteiger partial charge in [-0.1, -0.05) is 32.3 Å². The van der Waals surface area contributed by atoms with Crippen molar-refractivity contribution in [3.8, 4) is 0 Å². The number of carbonyl (C=O) groups excluding carboxylic acids is 1. The number of aldehydes is 1. The summed E-state index contributed by atoms with van der Waals surface area (Å²) in [6.45, 7) is 5.14. The minimum absolute atomic E-state index is 0.0640. The SMILES string of the molecule is CCN(Cc1cccs1)CC1(C=O)CCCCC1. The predicted molar refractivity (Wildman–Crippen MR) is 76.9 cm³/mol. The fraction of sp³-hybridized carbons (Fsp3) is 0.667. The van der Waals surface area contributed by atoms with Crippen LogP contribution in [0.25, 0.3) is 0 Å². The molecule has 1 saturated carbocycles. The van der Waals surface area contributed by atoms with Gasteiger partial charge in [-0.05, 0) is 30.8 Å². The molecule has 1 heterocycles. The van der Waals surface area contributed by atoms with Crippen LogP contribution in [0.5, 0.6) is 0 Å². The molecule has 0 amide bonds. The van der Waals surface area contributed by atoms with Crippen molar-refractivity contribution < 1.29 is 4.79 Å². The minimum atomic E-state index is -0.0640. The summed E-state index contributed by atoms with van der Waals surface area (Å²) in [5, 5.41) is 2.12. The van der Waals surface area contributed by atoms with Crippen LogP contribution in [0.2, 0.25) is 0 Å². The van der Waals surface area contributed by atoms with Crippen LogP contribution in [0.15, 0.2) is 17.5 Å². The summed E-state index contributed by atoms with van der Waals surface area (Å²) in [5.41, 5.74) is -0.0640. The van der Waals surface area contributed by atoms with E-state index in [1.165, 1.54) is 30.4 Å². The summed E-state index contributed by atoms with van der Waals surface area (Å²) in [6, 6.07) is 4.28. The first-order valence-electron chi connectivity index (χ1n) is 6.99. The van der Waals surface area contributed by atoms with Gasteiger partial charge in [0.25, 0.3) is 0 Å². The van der Waals surface area contributed by atoms with E-state index in [1.807, 2.05) is 0 Å². The van der Waals surface area contributed by atoms with E-state index in [9.17, 15) is 4.79 Å². The number of thiophene rings is 1. The lowest BCUT2D eigenvalue weighted by Gasteiger charge is -2.36. The monoisotopic (exact) mass is 265 g/mol. The summed E-state index contributed by atoms with van der Waals surface area (Å²) in [5.74, 6) is 0. The molecule has 0 unspecified atom stereocenters. The van der Waals surface area contributed by atoms with Crippen molar-refractivity contribution in [2.75, 3.05) is 13.1 Å². The van der Waals surface area contributed by atoms with Crippen LogP contribution in [0, 0.1) is 5.41 Å². The molecule has 1 aliphatic rings. The highest BCUT2D eigenvalue weighted by Gasteiger charge is 2.33. The lowest BCUT2D eigenvalue weighted by molar-refractivity contribution is -0.119. The van der Waals surface area contributed by atoms with Crippen molar-refractivity contribution in [2.45, 2.75) is 45.6 Å². The van der Waals surface area contributed by atoms with E-state index >= 15 is 0 Å². The molecule has 1 aromatic rings. The zero-order chi connectivity index (χ0) is 12.8. The van der Waals surface area contributed by atoms with Gasteiger partial charge >= 0.3 is 0 Å². The number of nitrogens with zero attached hydrogens (tertiary/aromatic N) is 1. The Bertz CT molecular complexity index is 355. The molecule has 1 aromatic heterocycles. The third-order valence-electron chi connectivity index (χ3n) is 4.04. The molecule has 1 aliphatic carbocycles. The highest BCUT2D eigenvalue weighted by molar-refractivity contribution is 7.09. The van der Waals surface area contributed by atoms with E-state index in [0.717, 1.165) is 32.5 Å². The van der Waals surface area contributed by atoms with Gasteiger partial charge in [0.2, 0.25) is 0 Å². The van der Waals surface area contributed by atoms with Crippen molar-refractivity contribution in [1.29, 1.82) is 0 Å². The minimum Gasteiger partial charge on any atom is -0.303 e. The second-order valence-corrected chi connectivity index (χ2v) is 6.46. The Morgan fingerprint density at radius 3 is 2.72 bits per heavy atom. The molecule has 0 aliphatic heterocycles. The first kappa shape index (κ1) is 13.8. The number of carbonyl (C=O) groups is 1. The largest absolute Gasteiger partial charge is 0.303 e. The molecule has 0 saturated heterocycles. The zero-order valence-electron chi connectivity index (χ0n) is 11.2. The smallest absolute Gasteiger partial charge is 0.127 e. The van der Waals surface area contributed by atoms with Gasteiger partial charge in [0.15, 0.2) is 0 Å². The van der Waals surface area contributed by atoms with Crippen molar-refractivity contribution in [2.24, 2.45) is 5.41 Å². The van der Waals surface area contributed by atoms with Gasteiger partial charge in [0.1, 0.15) is 6.29 Å². The van der Waals surface area contributed by atoms with E-state index in [4.69, 9.17) is 0 Å². The van der Waals surface area contributed by atoms with Crippen LogP contribution in [0.1, 0.15) is 43.9 Å². The first-order chi connectivity index (χ1) is 8.78. The summed E-state index contributed by atoms with van der Waals surface area (Å²) >= 11 is 1.81. The highest BCUT2D eigenvalue weighted by Crippen LogP contribution is 2.35. The maximum Gasteiger partial charge on any atom is 0.127 e. The maximum atomic E-state index is 11.5. The lowest BCUT2D eigenvalue weighted by Crippen LogP contribution is -2.39. The van der Waals surface area contributed by atoms with Crippen LogP contribution in [-0.2, 0) is 11.3 Å². The molecule has 100 valence electrons. The van der Waals surface area contributed by atoms with E-state index < -0.39 is 0 Å². The Balaban J connectivity index is 1.97. The third kappa shape index (κ3) is 3.42. The molecule has 0 bridgehead atoms. The fourth-order valence-corrected chi connectivity index (χ4v) is 3.66. The van der Waals surface area contributed by atoms with Gasteiger partial charge in [-0.15, -0.1) is 11.3 Å². The Kier molecular flexibility index (Phi) is 4.95. The highest BCUT2D eigenvalue weighted by atomic mass is 32.1. The summed E-state index contributed by atoms with van der Waals surface area (Å²) in [6.07, 6.45) is 7.13. The lowest BCUT2D eigenvalue weighted by atomic mass is 9.75. The predicted octanol–water partition coefficient (Wildman–Crippen LogP) is 3.72. The Morgan fingerprint density at radius 1 is 1.39 bits per heavy atom. The molecular weight excluding hydrogens is 242 g/mol. The summed E-state index contributed by atoms with van der Waals surface area (Å²) in [7, 11) is 0. The van der Waals surface area contributed by atoms with Gasteiger partial charge in [0, 0.05) is 23.4 Å². The van der Waals surface area contributed by atoms with Crippen LogP contribution in [0.3, 0.4) is 0 Å². The number of rotatable bonds is 6. The second kappa shape index (κ2) is 6.48. The third-order valence-corrected chi connectivity index (χ3v) is 4.91. The van der Waals surface area contributed by atoms with Crippen molar-refractivity contribution >= 4 is 17.6 Å². The average Bonchev–Trinajstić information content (AvgIpc) is 2.92. The molecule has 0 spiro atoms. The number of hydrogen-bond donors (Lipinski definition) is 0. The topological polar surface area (TPSA) is 20.3 Å². The Morgan fingerprint density at radius 2 is 2.17 bits per heavy atom. The van der Waals surface area contributed by atoms with E-state index in [0.29, 0.717) is 0 Å². The van der Waals surface area contributed by atoms with Crippen molar-refractivity contribution in [1.82, 2.24) is 4.90 Å². The quantitative estimate of drug-likeness (QED) is 0.731. The normalized spacial score (nSPS) is 19.0. The van der Waals surface area contributed by atoms with Crippen LogP contribution in [-0.4, -0.2) is 24.3 Å². The molecule has 2 rings (SSSR count). The Hall–Kier alpha value is -0.670. The van der Waals surface area contributed by atoms with E-state index in [2.05, 4.69) is 29.3 Å². The Labute approximate surface area is 114 Å². The molecule has 3 heteroatoms. The van der Waals surface area contributed by atoms with Crippen LogP contribution in [0.4, 0.5) is 0 Å². The van der Waals surface area contributed by atoms with Crippen molar-refractivity contribution in [3.63, 3.8) is 0 Å². The number of hydrogen-bond acceptors (Lipinski definition) is 3. The molecule has 0 aromatic carbocycles. The molecule has 2 nitrogen and oxygen atoms in total. The molecular formula is C15H23NOS. The zero-order valence-corrected chi connectivity index (χ0v) is 12.0. The average molecular weight is 265 g/mol. The molecule has 1 fully saturated rings. The van der Waals surface area contributed by atoms with Crippen molar-refractivity contribution in [3.05, 3.63) is 22.4 Å². The molecule has 0 N–H and O–H groups in total. The van der Waals surface area contributed by atoms with Gasteiger partial charge < -0.3 is 4.79 Å². The standard InChI is InChI=1S/C15H23NOS/c1-2-16(11-14-7-6-10-18-14)12-15(13-17)8-4-3-5-9-15/h6-7,10,13H,2-5,8-9,11-12H2,1H3. The first-order valence-corrected chi connectivity index (χ1v) is 7.87.